The van der Waals surface area contributed by atoms with Crippen LogP contribution in [0.2, 0.25) is 0 Å². The number of carbonyl (C=O) groups excluding carboxylic acids is 2. The Morgan fingerprint density at radius 1 is 0.780 bits per heavy atom. The lowest BCUT2D eigenvalue weighted by Gasteiger charge is -2.28. The van der Waals surface area contributed by atoms with E-state index in [-0.39, 0.29) is 12.3 Å². The molecule has 0 saturated heterocycles. The maximum Gasteiger partial charge on any atom is 0.326 e. The second-order valence-corrected chi connectivity index (χ2v) is 11.2. The highest BCUT2D eigenvalue weighted by molar-refractivity contribution is 5.93. The third-order valence-corrected chi connectivity index (χ3v) is 8.40. The first-order chi connectivity index (χ1) is 19.9. The van der Waals surface area contributed by atoms with E-state index < -0.39 is 30.0 Å². The number of hydrogen-bond donors (Lipinski definition) is 6. The summed E-state index contributed by atoms with van der Waals surface area (Å²) in [6.07, 6.45) is 10.2. The minimum atomic E-state index is -1.13. The number of likely N-dealkylation sites (N-methyl/N-ethyl adjacent to an activating group) is 1. The summed E-state index contributed by atoms with van der Waals surface area (Å²) in [5.74, 6) is -1.55. The molecule has 1 aliphatic carbocycles. The fourth-order valence-electron chi connectivity index (χ4n) is 6.10. The molecule has 0 spiro atoms. The van der Waals surface area contributed by atoms with Crippen molar-refractivity contribution >= 4 is 39.6 Å². The highest BCUT2D eigenvalue weighted by atomic mass is 16.4. The molecule has 3 atom stereocenters. The number of aromatic amines is 2. The predicted octanol–water partition coefficient (Wildman–Crippen LogP) is 4.05. The lowest BCUT2D eigenvalue weighted by Crippen LogP contribution is -2.56. The molecule has 1 saturated carbocycles. The average molecular weight is 558 g/mol. The summed E-state index contributed by atoms with van der Waals surface area (Å²) in [5.41, 5.74) is 3.74. The maximum absolute atomic E-state index is 13.6. The van der Waals surface area contributed by atoms with Crippen molar-refractivity contribution in [3.05, 3.63) is 72.1 Å². The van der Waals surface area contributed by atoms with Crippen LogP contribution in [0, 0.1) is 5.92 Å². The molecule has 2 aromatic heterocycles. The van der Waals surface area contributed by atoms with E-state index in [1.165, 1.54) is 6.42 Å². The van der Waals surface area contributed by atoms with Gasteiger partial charge in [-0.15, -0.1) is 0 Å². The molecule has 216 valence electrons. The summed E-state index contributed by atoms with van der Waals surface area (Å²) in [6.45, 7) is 0. The summed E-state index contributed by atoms with van der Waals surface area (Å²) in [6, 6.07) is 13.1. The summed E-state index contributed by atoms with van der Waals surface area (Å²) >= 11 is 0. The number of hydrogen-bond acceptors (Lipinski definition) is 4. The molecule has 2 amide bonds. The van der Waals surface area contributed by atoms with Gasteiger partial charge in [0, 0.05) is 40.6 Å². The first-order valence-electron chi connectivity index (χ1n) is 14.5. The molecule has 6 N–H and O–H groups in total. The Hall–Kier alpha value is -4.11. The van der Waals surface area contributed by atoms with Crippen LogP contribution in [0.5, 0.6) is 0 Å². The van der Waals surface area contributed by atoms with Gasteiger partial charge in [-0.3, -0.25) is 9.59 Å². The van der Waals surface area contributed by atoms with Crippen LogP contribution < -0.4 is 16.0 Å². The zero-order valence-electron chi connectivity index (χ0n) is 23.4. The van der Waals surface area contributed by atoms with Crippen molar-refractivity contribution in [2.45, 2.75) is 69.5 Å². The number of carbonyl (C=O) groups is 3. The van der Waals surface area contributed by atoms with Gasteiger partial charge in [0.25, 0.3) is 0 Å². The summed E-state index contributed by atoms with van der Waals surface area (Å²) < 4.78 is 0. The molecule has 0 aliphatic heterocycles. The van der Waals surface area contributed by atoms with Gasteiger partial charge in [0.05, 0.1) is 6.04 Å². The second kappa shape index (κ2) is 13.0. The number of fused-ring (bicyclic) bond motifs is 2. The summed E-state index contributed by atoms with van der Waals surface area (Å²) in [5, 5.41) is 20.8. The zero-order valence-corrected chi connectivity index (χ0v) is 23.4. The SMILES string of the molecule is CN[C@@H](Cc1c[nH]c2ccccc12)C(=O)N[C@@H](CC1CCCCC1)C(=O)N[C@@H](Cc1c[nH]c2ccccc12)C(=O)O. The molecule has 1 fully saturated rings. The topological polar surface area (TPSA) is 139 Å². The fourth-order valence-corrected chi connectivity index (χ4v) is 6.10. The Morgan fingerprint density at radius 3 is 1.85 bits per heavy atom. The van der Waals surface area contributed by atoms with Crippen molar-refractivity contribution in [2.24, 2.45) is 5.92 Å². The fraction of sp³-hybridized carbons (Fsp3) is 0.406. The summed E-state index contributed by atoms with van der Waals surface area (Å²) in [4.78, 5) is 45.8. The highest BCUT2D eigenvalue weighted by Crippen LogP contribution is 2.28. The van der Waals surface area contributed by atoms with Crippen LogP contribution in [0.1, 0.15) is 49.7 Å². The average Bonchev–Trinajstić information content (AvgIpc) is 3.59. The van der Waals surface area contributed by atoms with Crippen molar-refractivity contribution in [1.82, 2.24) is 25.9 Å². The Morgan fingerprint density at radius 2 is 1.29 bits per heavy atom. The number of aromatic nitrogens is 2. The Labute approximate surface area is 239 Å². The first kappa shape index (κ1) is 28.4. The normalized spacial score (nSPS) is 16.3. The first-order valence-corrected chi connectivity index (χ1v) is 14.5. The van der Waals surface area contributed by atoms with Crippen molar-refractivity contribution in [3.63, 3.8) is 0 Å². The predicted molar refractivity (Wildman–Crippen MR) is 160 cm³/mol. The standard InChI is InChI=1S/C32H39N5O4/c1-33-27(16-21-18-34-25-13-7-5-11-23(21)25)30(38)36-28(15-20-9-3-2-4-10-20)31(39)37-29(32(40)41)17-22-19-35-26-14-8-6-12-24(22)26/h5-8,11-14,18-20,27-29,33-35H,2-4,9-10,15-17H2,1H3,(H,36,38)(H,37,39)(H,40,41)/t27-,28-,29-/m0/s1. The minimum Gasteiger partial charge on any atom is -0.480 e. The highest BCUT2D eigenvalue weighted by Gasteiger charge is 2.31. The van der Waals surface area contributed by atoms with Crippen LogP contribution >= 0.6 is 0 Å². The third-order valence-electron chi connectivity index (χ3n) is 8.40. The van der Waals surface area contributed by atoms with Crippen LogP contribution in [0.4, 0.5) is 0 Å². The van der Waals surface area contributed by atoms with Crippen LogP contribution in [-0.4, -0.2) is 58.0 Å². The van der Waals surface area contributed by atoms with Gasteiger partial charge < -0.3 is 31.0 Å². The molecule has 5 rings (SSSR count). The minimum absolute atomic E-state index is 0.134. The Bertz CT molecular complexity index is 1500. The number of nitrogens with one attached hydrogen (secondary N) is 5. The van der Waals surface area contributed by atoms with E-state index >= 15 is 0 Å². The molecule has 0 radical (unpaired) electrons. The van der Waals surface area contributed by atoms with Gasteiger partial charge in [-0.2, -0.15) is 0 Å². The van der Waals surface area contributed by atoms with E-state index in [0.717, 1.165) is 58.6 Å². The van der Waals surface area contributed by atoms with E-state index in [1.807, 2.05) is 54.7 Å². The van der Waals surface area contributed by atoms with Gasteiger partial charge in [0.15, 0.2) is 0 Å². The molecule has 41 heavy (non-hydrogen) atoms. The van der Waals surface area contributed by atoms with Crippen LogP contribution in [0.25, 0.3) is 21.8 Å². The maximum atomic E-state index is 13.6. The quantitative estimate of drug-likeness (QED) is 0.156. The largest absolute Gasteiger partial charge is 0.480 e. The lowest BCUT2D eigenvalue weighted by atomic mass is 9.84. The van der Waals surface area contributed by atoms with E-state index in [9.17, 15) is 19.5 Å². The van der Waals surface area contributed by atoms with Crippen LogP contribution in [0.15, 0.2) is 60.9 Å². The monoisotopic (exact) mass is 557 g/mol. The number of carboxylic acid groups (broad SMARTS) is 1. The van der Waals surface area contributed by atoms with Gasteiger partial charge >= 0.3 is 5.97 Å². The zero-order chi connectivity index (χ0) is 28.8. The smallest absolute Gasteiger partial charge is 0.326 e. The third kappa shape index (κ3) is 6.79. The van der Waals surface area contributed by atoms with E-state index in [1.54, 1.807) is 13.2 Å². The van der Waals surface area contributed by atoms with Crippen molar-refractivity contribution in [1.29, 1.82) is 0 Å². The van der Waals surface area contributed by atoms with Gasteiger partial charge in [-0.1, -0.05) is 68.5 Å². The number of carboxylic acids is 1. The van der Waals surface area contributed by atoms with Crippen LogP contribution in [-0.2, 0) is 27.2 Å². The molecule has 9 nitrogen and oxygen atoms in total. The van der Waals surface area contributed by atoms with Gasteiger partial charge in [0.1, 0.15) is 12.1 Å². The van der Waals surface area contributed by atoms with Crippen molar-refractivity contribution < 1.29 is 19.5 Å². The lowest BCUT2D eigenvalue weighted by molar-refractivity contribution is -0.142. The molecule has 4 aromatic rings. The number of para-hydroxylation sites is 2. The number of benzene rings is 2. The number of aliphatic carboxylic acids is 1. The summed E-state index contributed by atoms with van der Waals surface area (Å²) in [7, 11) is 1.73. The van der Waals surface area contributed by atoms with Gasteiger partial charge in [0.2, 0.25) is 11.8 Å². The number of rotatable bonds is 12. The van der Waals surface area contributed by atoms with Gasteiger partial charge in [-0.05, 0) is 49.1 Å². The molecule has 2 heterocycles. The molecular formula is C32H39N5O4. The van der Waals surface area contributed by atoms with Gasteiger partial charge in [-0.25, -0.2) is 4.79 Å². The number of amides is 2. The second-order valence-electron chi connectivity index (χ2n) is 11.2. The van der Waals surface area contributed by atoms with Crippen LogP contribution in [0.3, 0.4) is 0 Å². The van der Waals surface area contributed by atoms with Crippen molar-refractivity contribution in [2.75, 3.05) is 7.05 Å². The van der Waals surface area contributed by atoms with Crippen molar-refractivity contribution in [3.8, 4) is 0 Å². The van der Waals surface area contributed by atoms with E-state index in [4.69, 9.17) is 0 Å². The molecule has 0 bridgehead atoms. The van der Waals surface area contributed by atoms with E-state index in [0.29, 0.717) is 18.8 Å². The molecule has 1 aliphatic rings. The Balaban J connectivity index is 1.31. The van der Waals surface area contributed by atoms with E-state index in [2.05, 4.69) is 25.9 Å². The number of H-pyrrole nitrogens is 2. The molecular weight excluding hydrogens is 518 g/mol. The molecule has 9 heteroatoms. The molecule has 0 unspecified atom stereocenters. The Kier molecular flexibility index (Phi) is 9.04. The molecule has 2 aromatic carbocycles.